The summed E-state index contributed by atoms with van der Waals surface area (Å²) >= 11 is 0. The summed E-state index contributed by atoms with van der Waals surface area (Å²) in [5.74, 6) is -0.447. The number of aromatic amines is 1. The van der Waals surface area contributed by atoms with Gasteiger partial charge in [0.05, 0.1) is 6.61 Å². The summed E-state index contributed by atoms with van der Waals surface area (Å²) in [5.41, 5.74) is 0.979. The molecule has 7 heteroatoms. The van der Waals surface area contributed by atoms with Crippen molar-refractivity contribution in [2.75, 3.05) is 13.7 Å². The van der Waals surface area contributed by atoms with Crippen LogP contribution in [0.1, 0.15) is 12.6 Å². The number of rotatable bonds is 5. The summed E-state index contributed by atoms with van der Waals surface area (Å²) in [6.07, 6.45) is 1.61. The number of carbonyl (C=O) groups is 1. The van der Waals surface area contributed by atoms with Gasteiger partial charge >= 0.3 is 11.7 Å². The van der Waals surface area contributed by atoms with Crippen LogP contribution < -0.4 is 11.0 Å². The number of ether oxygens (including phenoxy) is 1. The molecule has 2 aromatic heterocycles. The van der Waals surface area contributed by atoms with Gasteiger partial charge in [-0.3, -0.25) is 9.36 Å². The van der Waals surface area contributed by atoms with Gasteiger partial charge in [-0.15, -0.1) is 0 Å². The molecule has 0 amide bonds. The zero-order valence-electron chi connectivity index (χ0n) is 10.9. The molecule has 0 radical (unpaired) electrons. The zero-order chi connectivity index (χ0) is 13.8. The molecule has 0 spiro atoms. The third-order valence-electron chi connectivity index (χ3n) is 2.60. The van der Waals surface area contributed by atoms with E-state index in [4.69, 9.17) is 4.74 Å². The molecule has 2 rings (SSSR count). The fourth-order valence-corrected chi connectivity index (χ4v) is 1.83. The molecule has 0 bridgehead atoms. The van der Waals surface area contributed by atoms with Gasteiger partial charge in [0.25, 0.3) is 0 Å². The van der Waals surface area contributed by atoms with Crippen molar-refractivity contribution < 1.29 is 9.53 Å². The topological polar surface area (TPSA) is 89.0 Å². The third kappa shape index (κ3) is 3.00. The molecule has 7 nitrogen and oxygen atoms in total. The summed E-state index contributed by atoms with van der Waals surface area (Å²) in [6.45, 7) is 2.54. The van der Waals surface area contributed by atoms with Gasteiger partial charge < -0.3 is 15.0 Å². The maximum Gasteiger partial charge on any atom is 0.350 e. The Hall–Kier alpha value is -2.15. The number of nitrogens with zero attached hydrogens (tertiary/aromatic N) is 2. The minimum absolute atomic E-state index is 0.123. The van der Waals surface area contributed by atoms with Crippen LogP contribution in [0.5, 0.6) is 0 Å². The van der Waals surface area contributed by atoms with Gasteiger partial charge in [0.2, 0.25) is 0 Å². The van der Waals surface area contributed by atoms with Crippen LogP contribution >= 0.6 is 0 Å². The molecule has 2 N–H and O–H groups in total. The maximum atomic E-state index is 11.7. The van der Waals surface area contributed by atoms with E-state index in [1.807, 2.05) is 13.1 Å². The Labute approximate surface area is 109 Å². The van der Waals surface area contributed by atoms with E-state index in [0.717, 1.165) is 11.1 Å². The second kappa shape index (κ2) is 5.66. The van der Waals surface area contributed by atoms with E-state index in [2.05, 4.69) is 15.3 Å². The Morgan fingerprint density at radius 1 is 1.58 bits per heavy atom. The number of carbonyl (C=O) groups excluding carboxylic acids is 1. The fourth-order valence-electron chi connectivity index (χ4n) is 1.83. The summed E-state index contributed by atoms with van der Waals surface area (Å²) in [5, 5.41) is 3.79. The average Bonchev–Trinajstić information content (AvgIpc) is 2.72. The Balaban J connectivity index is 2.32. The number of esters is 1. The predicted octanol–water partition coefficient (Wildman–Crippen LogP) is 0.00710. The van der Waals surface area contributed by atoms with Crippen LogP contribution in [-0.4, -0.2) is 34.2 Å². The van der Waals surface area contributed by atoms with E-state index in [0.29, 0.717) is 18.8 Å². The predicted molar refractivity (Wildman–Crippen MR) is 69.8 cm³/mol. The Kier molecular flexibility index (Phi) is 3.96. The van der Waals surface area contributed by atoms with Crippen LogP contribution in [-0.2, 0) is 22.6 Å². The standard InChI is InChI=1S/C12H16N4O3/c1-3-19-10(17)7-16-6-8-4-9(5-13-2)14-11(8)15-12(16)18/h4,6,13H,3,5,7H2,1-2H3,(H,14,15,18). The highest BCUT2D eigenvalue weighted by atomic mass is 16.5. The smallest absolute Gasteiger partial charge is 0.350 e. The fraction of sp³-hybridized carbons (Fsp3) is 0.417. The van der Waals surface area contributed by atoms with Gasteiger partial charge in [0.15, 0.2) is 0 Å². The number of nitrogens with one attached hydrogen (secondary N) is 2. The minimum Gasteiger partial charge on any atom is -0.465 e. The first-order valence-electron chi connectivity index (χ1n) is 6.03. The zero-order valence-corrected chi connectivity index (χ0v) is 10.9. The first-order chi connectivity index (χ1) is 9.13. The first kappa shape index (κ1) is 13.3. The SMILES string of the molecule is CCOC(=O)Cn1cc2cc(CNC)[nH]c2nc1=O. The molecular weight excluding hydrogens is 248 g/mol. The summed E-state index contributed by atoms with van der Waals surface area (Å²) in [4.78, 5) is 30.1. The van der Waals surface area contributed by atoms with Crippen molar-refractivity contribution in [3.8, 4) is 0 Å². The number of fused-ring (bicyclic) bond motifs is 1. The molecule has 2 aromatic rings. The molecule has 102 valence electrons. The molecule has 0 unspecified atom stereocenters. The molecule has 0 aliphatic carbocycles. The van der Waals surface area contributed by atoms with Gasteiger partial charge in [-0.2, -0.15) is 4.98 Å². The molecule has 19 heavy (non-hydrogen) atoms. The van der Waals surface area contributed by atoms with Crippen molar-refractivity contribution in [2.24, 2.45) is 0 Å². The highest BCUT2D eigenvalue weighted by Gasteiger charge is 2.09. The minimum atomic E-state index is -0.474. The Morgan fingerprint density at radius 3 is 3.05 bits per heavy atom. The van der Waals surface area contributed by atoms with Gasteiger partial charge in [0.1, 0.15) is 12.2 Å². The summed E-state index contributed by atoms with van der Waals surface area (Å²) in [7, 11) is 1.83. The van der Waals surface area contributed by atoms with Crippen LogP contribution in [0, 0.1) is 0 Å². The molecule has 2 heterocycles. The van der Waals surface area contributed by atoms with Crippen molar-refractivity contribution in [2.45, 2.75) is 20.0 Å². The second-order valence-corrected chi connectivity index (χ2v) is 4.09. The molecular formula is C12H16N4O3. The summed E-state index contributed by atoms with van der Waals surface area (Å²) < 4.78 is 6.06. The third-order valence-corrected chi connectivity index (χ3v) is 2.60. The van der Waals surface area contributed by atoms with Gasteiger partial charge in [-0.1, -0.05) is 0 Å². The van der Waals surface area contributed by atoms with E-state index >= 15 is 0 Å². The lowest BCUT2D eigenvalue weighted by Crippen LogP contribution is -2.26. The Morgan fingerprint density at radius 2 is 2.37 bits per heavy atom. The van der Waals surface area contributed by atoms with Gasteiger partial charge in [0, 0.05) is 23.8 Å². The largest absolute Gasteiger partial charge is 0.465 e. The maximum absolute atomic E-state index is 11.7. The lowest BCUT2D eigenvalue weighted by Gasteiger charge is -2.04. The molecule has 0 atom stereocenters. The van der Waals surface area contributed by atoms with E-state index in [1.54, 1.807) is 13.1 Å². The average molecular weight is 264 g/mol. The van der Waals surface area contributed by atoms with E-state index in [9.17, 15) is 9.59 Å². The molecule has 0 aromatic carbocycles. The summed E-state index contributed by atoms with van der Waals surface area (Å²) in [6, 6.07) is 1.89. The van der Waals surface area contributed by atoms with E-state index in [-0.39, 0.29) is 6.54 Å². The van der Waals surface area contributed by atoms with Crippen LogP contribution in [0.2, 0.25) is 0 Å². The van der Waals surface area contributed by atoms with Crippen molar-refractivity contribution in [1.82, 2.24) is 19.9 Å². The molecule has 0 saturated heterocycles. The molecule has 0 fully saturated rings. The van der Waals surface area contributed by atoms with Crippen molar-refractivity contribution in [3.05, 3.63) is 28.4 Å². The van der Waals surface area contributed by atoms with Crippen LogP contribution in [0.15, 0.2) is 17.1 Å². The van der Waals surface area contributed by atoms with Gasteiger partial charge in [-0.25, -0.2) is 4.79 Å². The first-order valence-corrected chi connectivity index (χ1v) is 6.03. The van der Waals surface area contributed by atoms with E-state index < -0.39 is 11.7 Å². The van der Waals surface area contributed by atoms with Crippen molar-refractivity contribution >= 4 is 17.0 Å². The second-order valence-electron chi connectivity index (χ2n) is 4.09. The molecule has 0 aliphatic rings. The van der Waals surface area contributed by atoms with Crippen molar-refractivity contribution in [1.29, 1.82) is 0 Å². The monoisotopic (exact) mass is 264 g/mol. The van der Waals surface area contributed by atoms with E-state index in [1.165, 1.54) is 4.57 Å². The molecule has 0 aliphatic heterocycles. The molecule has 0 saturated carbocycles. The lowest BCUT2D eigenvalue weighted by molar-refractivity contribution is -0.143. The Bertz CT molecular complexity index is 644. The number of aromatic nitrogens is 3. The highest BCUT2D eigenvalue weighted by Crippen LogP contribution is 2.10. The van der Waals surface area contributed by atoms with Crippen LogP contribution in [0.3, 0.4) is 0 Å². The van der Waals surface area contributed by atoms with Gasteiger partial charge in [-0.05, 0) is 20.0 Å². The number of H-pyrrole nitrogens is 1. The lowest BCUT2D eigenvalue weighted by atomic mass is 10.3. The number of hydrogen-bond donors (Lipinski definition) is 2. The number of hydrogen-bond acceptors (Lipinski definition) is 5. The van der Waals surface area contributed by atoms with Crippen molar-refractivity contribution in [3.63, 3.8) is 0 Å². The normalized spacial score (nSPS) is 10.8. The highest BCUT2D eigenvalue weighted by molar-refractivity contribution is 5.76. The quantitative estimate of drug-likeness (QED) is 0.742. The van der Waals surface area contributed by atoms with Crippen LogP contribution in [0.4, 0.5) is 0 Å². The van der Waals surface area contributed by atoms with Crippen LogP contribution in [0.25, 0.3) is 11.0 Å².